The number of carbonyl (C=O) groups is 1. The van der Waals surface area contributed by atoms with Crippen LogP contribution in [0.5, 0.6) is 0 Å². The van der Waals surface area contributed by atoms with Gasteiger partial charge in [-0.1, -0.05) is 17.9 Å². The maximum Gasteiger partial charge on any atom is 0.251 e. The van der Waals surface area contributed by atoms with Gasteiger partial charge in [0, 0.05) is 30.9 Å². The van der Waals surface area contributed by atoms with E-state index in [0.29, 0.717) is 18.0 Å². The fourth-order valence-corrected chi connectivity index (χ4v) is 2.45. The zero-order valence-electron chi connectivity index (χ0n) is 12.3. The highest BCUT2D eigenvalue weighted by Gasteiger charge is 2.16. The molecule has 1 amide bonds. The Labute approximate surface area is 125 Å². The van der Waals surface area contributed by atoms with E-state index in [1.165, 1.54) is 0 Å². The van der Waals surface area contributed by atoms with Gasteiger partial charge in [-0.2, -0.15) is 0 Å². The second-order valence-electron chi connectivity index (χ2n) is 5.21. The number of rotatable bonds is 4. The summed E-state index contributed by atoms with van der Waals surface area (Å²) >= 11 is 0. The van der Waals surface area contributed by atoms with E-state index < -0.39 is 0 Å². The molecule has 1 aromatic carbocycles. The normalized spacial score (nSPS) is 17.1. The SMILES string of the molecule is Cc1c(C#CCO)cccc1C(=O)NCCC1CCOC1. The van der Waals surface area contributed by atoms with Crippen LogP contribution in [0.3, 0.4) is 0 Å². The lowest BCUT2D eigenvalue weighted by Gasteiger charge is -2.11. The van der Waals surface area contributed by atoms with Gasteiger partial charge in [0.15, 0.2) is 0 Å². The van der Waals surface area contributed by atoms with Gasteiger partial charge >= 0.3 is 0 Å². The monoisotopic (exact) mass is 287 g/mol. The molecule has 1 heterocycles. The van der Waals surface area contributed by atoms with Crippen molar-refractivity contribution in [1.29, 1.82) is 0 Å². The first-order valence-electron chi connectivity index (χ1n) is 7.27. The summed E-state index contributed by atoms with van der Waals surface area (Å²) in [5.74, 6) is 5.97. The molecule has 1 aromatic rings. The minimum Gasteiger partial charge on any atom is -0.384 e. The molecule has 1 atom stereocenters. The Morgan fingerprint density at radius 3 is 3.10 bits per heavy atom. The van der Waals surface area contributed by atoms with Gasteiger partial charge in [0.05, 0.1) is 0 Å². The van der Waals surface area contributed by atoms with E-state index in [2.05, 4.69) is 17.2 Å². The highest BCUT2D eigenvalue weighted by Crippen LogP contribution is 2.16. The first-order chi connectivity index (χ1) is 10.2. The highest BCUT2D eigenvalue weighted by atomic mass is 16.5. The van der Waals surface area contributed by atoms with Crippen molar-refractivity contribution in [3.05, 3.63) is 34.9 Å². The van der Waals surface area contributed by atoms with Crippen LogP contribution in [0.4, 0.5) is 0 Å². The van der Waals surface area contributed by atoms with E-state index in [0.717, 1.165) is 37.2 Å². The summed E-state index contributed by atoms with van der Waals surface area (Å²) < 4.78 is 5.32. The molecule has 0 bridgehead atoms. The molecule has 2 N–H and O–H groups in total. The average Bonchev–Trinajstić information content (AvgIpc) is 2.99. The van der Waals surface area contributed by atoms with E-state index >= 15 is 0 Å². The van der Waals surface area contributed by atoms with Crippen molar-refractivity contribution in [2.24, 2.45) is 5.92 Å². The third kappa shape index (κ3) is 4.32. The van der Waals surface area contributed by atoms with Gasteiger partial charge in [-0.25, -0.2) is 0 Å². The summed E-state index contributed by atoms with van der Waals surface area (Å²) in [7, 11) is 0. The van der Waals surface area contributed by atoms with Crippen LogP contribution in [0, 0.1) is 24.7 Å². The second-order valence-corrected chi connectivity index (χ2v) is 5.21. The van der Waals surface area contributed by atoms with E-state index in [9.17, 15) is 4.79 Å². The molecule has 0 aromatic heterocycles. The lowest BCUT2D eigenvalue weighted by atomic mass is 10.0. The molecule has 1 saturated heterocycles. The maximum absolute atomic E-state index is 12.2. The number of amides is 1. The van der Waals surface area contributed by atoms with Crippen LogP contribution >= 0.6 is 0 Å². The van der Waals surface area contributed by atoms with Crippen LogP contribution in [0.2, 0.25) is 0 Å². The molecular weight excluding hydrogens is 266 g/mol. The predicted molar refractivity (Wildman–Crippen MR) is 81.0 cm³/mol. The molecule has 0 spiro atoms. The second kappa shape index (κ2) is 7.82. The standard InChI is InChI=1S/C17H21NO3/c1-13-15(5-3-10-19)4-2-6-16(13)17(20)18-9-7-14-8-11-21-12-14/h2,4,6,14,19H,7-12H2,1H3,(H,18,20). The molecule has 1 fully saturated rings. The van der Waals surface area contributed by atoms with Crippen LogP contribution in [-0.4, -0.2) is 37.4 Å². The van der Waals surface area contributed by atoms with Gasteiger partial charge < -0.3 is 15.2 Å². The molecule has 1 unspecified atom stereocenters. The van der Waals surface area contributed by atoms with Crippen molar-refractivity contribution in [3.8, 4) is 11.8 Å². The number of aliphatic hydroxyl groups excluding tert-OH is 1. The largest absolute Gasteiger partial charge is 0.384 e. The van der Waals surface area contributed by atoms with Crippen molar-refractivity contribution in [3.63, 3.8) is 0 Å². The lowest BCUT2D eigenvalue weighted by molar-refractivity contribution is 0.0950. The molecule has 2 rings (SSSR count). The molecule has 0 radical (unpaired) electrons. The van der Waals surface area contributed by atoms with Crippen LogP contribution in [0.25, 0.3) is 0 Å². The van der Waals surface area contributed by atoms with Crippen molar-refractivity contribution in [2.45, 2.75) is 19.8 Å². The number of benzene rings is 1. The summed E-state index contributed by atoms with van der Waals surface area (Å²) in [5, 5.41) is 11.7. The quantitative estimate of drug-likeness (QED) is 0.825. The van der Waals surface area contributed by atoms with Crippen molar-refractivity contribution in [2.75, 3.05) is 26.4 Å². The molecule has 1 aliphatic heterocycles. The molecule has 0 saturated carbocycles. The Morgan fingerprint density at radius 1 is 1.52 bits per heavy atom. The van der Waals surface area contributed by atoms with E-state index in [4.69, 9.17) is 9.84 Å². The van der Waals surface area contributed by atoms with Gasteiger partial charge in [-0.3, -0.25) is 4.79 Å². The Kier molecular flexibility index (Phi) is 5.79. The van der Waals surface area contributed by atoms with Crippen molar-refractivity contribution < 1.29 is 14.6 Å². The van der Waals surface area contributed by atoms with Gasteiger partial charge in [0.2, 0.25) is 0 Å². The Hall–Kier alpha value is -1.83. The minimum absolute atomic E-state index is 0.0703. The highest BCUT2D eigenvalue weighted by molar-refractivity contribution is 5.96. The summed E-state index contributed by atoms with van der Waals surface area (Å²) in [6.45, 7) is 4.00. The van der Waals surface area contributed by atoms with Crippen molar-refractivity contribution >= 4 is 5.91 Å². The molecule has 21 heavy (non-hydrogen) atoms. The first-order valence-corrected chi connectivity index (χ1v) is 7.27. The van der Waals surface area contributed by atoms with Crippen molar-refractivity contribution in [1.82, 2.24) is 5.32 Å². The zero-order chi connectivity index (χ0) is 15.1. The summed E-state index contributed by atoms with van der Waals surface area (Å²) in [6.07, 6.45) is 2.04. The smallest absolute Gasteiger partial charge is 0.251 e. The molecule has 0 aliphatic carbocycles. The van der Waals surface area contributed by atoms with Gasteiger partial charge in [0.1, 0.15) is 6.61 Å². The Morgan fingerprint density at radius 2 is 2.38 bits per heavy atom. The number of carbonyl (C=O) groups excluding carboxylic acids is 1. The van der Waals surface area contributed by atoms with E-state index in [1.54, 1.807) is 6.07 Å². The van der Waals surface area contributed by atoms with Crippen LogP contribution in [0.15, 0.2) is 18.2 Å². The van der Waals surface area contributed by atoms with E-state index in [-0.39, 0.29) is 12.5 Å². The third-order valence-corrected chi connectivity index (χ3v) is 3.74. The number of ether oxygens (including phenoxy) is 1. The summed E-state index contributed by atoms with van der Waals surface area (Å²) in [5.41, 5.74) is 2.27. The fourth-order valence-electron chi connectivity index (χ4n) is 2.45. The number of hydrogen-bond donors (Lipinski definition) is 2. The number of hydrogen-bond acceptors (Lipinski definition) is 3. The topological polar surface area (TPSA) is 58.6 Å². The van der Waals surface area contributed by atoms with Crippen LogP contribution < -0.4 is 5.32 Å². The number of aliphatic hydroxyl groups is 1. The fraction of sp³-hybridized carbons (Fsp3) is 0.471. The molecule has 4 nitrogen and oxygen atoms in total. The van der Waals surface area contributed by atoms with Crippen LogP contribution in [0.1, 0.15) is 34.3 Å². The van der Waals surface area contributed by atoms with Gasteiger partial charge in [-0.05, 0) is 43.4 Å². The zero-order valence-corrected chi connectivity index (χ0v) is 12.3. The van der Waals surface area contributed by atoms with Gasteiger partial charge in [-0.15, -0.1) is 0 Å². The summed E-state index contributed by atoms with van der Waals surface area (Å²) in [4.78, 5) is 12.2. The van der Waals surface area contributed by atoms with E-state index in [1.807, 2.05) is 19.1 Å². The molecule has 1 aliphatic rings. The third-order valence-electron chi connectivity index (χ3n) is 3.74. The van der Waals surface area contributed by atoms with Crippen LogP contribution in [-0.2, 0) is 4.74 Å². The minimum atomic E-state index is -0.181. The Bertz CT molecular complexity index is 551. The molecule has 4 heteroatoms. The lowest BCUT2D eigenvalue weighted by Crippen LogP contribution is -2.26. The first kappa shape index (κ1) is 15.6. The molecular formula is C17H21NO3. The van der Waals surface area contributed by atoms with Gasteiger partial charge in [0.25, 0.3) is 5.91 Å². The maximum atomic E-state index is 12.2. The number of nitrogens with one attached hydrogen (secondary N) is 1. The predicted octanol–water partition coefficient (Wildman–Crippen LogP) is 1.50. The summed E-state index contributed by atoms with van der Waals surface area (Å²) in [6, 6.07) is 5.46. The Balaban J connectivity index is 1.95. The average molecular weight is 287 g/mol. The molecule has 112 valence electrons.